The molecule has 1 heterocycles. The van der Waals surface area contributed by atoms with Crippen LogP contribution in [-0.4, -0.2) is 29.9 Å². The second-order valence-corrected chi connectivity index (χ2v) is 8.15. The van der Waals surface area contributed by atoms with Gasteiger partial charge in [0.05, 0.1) is 0 Å². The number of hydrogen-bond donors (Lipinski definition) is 1. The summed E-state index contributed by atoms with van der Waals surface area (Å²) in [7, 11) is 0. The van der Waals surface area contributed by atoms with Crippen LogP contribution < -0.4 is 5.32 Å². The van der Waals surface area contributed by atoms with Crippen molar-refractivity contribution < 1.29 is 9.18 Å². The Hall–Kier alpha value is -1.58. The number of likely N-dealkylation sites (tertiary alicyclic amines) is 1. The molecule has 0 radical (unpaired) electrons. The molecule has 1 saturated heterocycles. The molecule has 126 valence electrons. The number of anilines is 1. The highest BCUT2D eigenvalue weighted by molar-refractivity contribution is 5.84. The highest BCUT2D eigenvalue weighted by Crippen LogP contribution is 2.68. The van der Waals surface area contributed by atoms with Crippen LogP contribution in [-0.2, 0) is 4.79 Å². The van der Waals surface area contributed by atoms with E-state index in [0.717, 1.165) is 31.6 Å². The fraction of sp³-hybridized carbons (Fsp3) is 0.632. The Kier molecular flexibility index (Phi) is 3.89. The van der Waals surface area contributed by atoms with Crippen LogP contribution in [0.25, 0.3) is 0 Å². The highest BCUT2D eigenvalue weighted by Gasteiger charge is 2.68. The van der Waals surface area contributed by atoms with E-state index >= 15 is 0 Å². The van der Waals surface area contributed by atoms with Gasteiger partial charge in [0.25, 0.3) is 0 Å². The quantitative estimate of drug-likeness (QED) is 0.916. The Morgan fingerprint density at radius 3 is 2.35 bits per heavy atom. The van der Waals surface area contributed by atoms with Crippen molar-refractivity contribution in [2.24, 2.45) is 16.7 Å². The molecule has 1 aliphatic carbocycles. The Bertz CT molecular complexity index is 580. The minimum Gasteiger partial charge on any atom is -0.381 e. The van der Waals surface area contributed by atoms with Crippen molar-refractivity contribution in [2.45, 2.75) is 46.6 Å². The van der Waals surface area contributed by atoms with Crippen LogP contribution in [0.5, 0.6) is 0 Å². The molecule has 0 bridgehead atoms. The number of rotatable bonds is 3. The van der Waals surface area contributed by atoms with E-state index in [1.165, 1.54) is 12.1 Å². The van der Waals surface area contributed by atoms with E-state index in [0.29, 0.717) is 5.91 Å². The molecular weight excluding hydrogens is 291 g/mol. The predicted molar refractivity (Wildman–Crippen MR) is 90.7 cm³/mol. The number of piperidine rings is 1. The van der Waals surface area contributed by atoms with Gasteiger partial charge in [-0.1, -0.05) is 27.7 Å². The van der Waals surface area contributed by atoms with Gasteiger partial charge in [0.15, 0.2) is 0 Å². The molecule has 3 rings (SSSR count). The van der Waals surface area contributed by atoms with Crippen molar-refractivity contribution in [3.05, 3.63) is 30.1 Å². The normalized spacial score (nSPS) is 26.0. The molecule has 1 aromatic carbocycles. The third kappa shape index (κ3) is 2.84. The number of nitrogens with zero attached hydrogens (tertiary/aromatic N) is 1. The van der Waals surface area contributed by atoms with E-state index in [-0.39, 0.29) is 28.6 Å². The average molecular weight is 318 g/mol. The molecule has 1 N–H and O–H groups in total. The van der Waals surface area contributed by atoms with E-state index in [4.69, 9.17) is 0 Å². The predicted octanol–water partition coefficient (Wildman–Crippen LogP) is 3.91. The van der Waals surface area contributed by atoms with E-state index in [1.807, 2.05) is 4.90 Å². The maximum absolute atomic E-state index is 13.0. The van der Waals surface area contributed by atoms with Crippen LogP contribution >= 0.6 is 0 Å². The van der Waals surface area contributed by atoms with E-state index in [2.05, 4.69) is 33.0 Å². The van der Waals surface area contributed by atoms with Crippen LogP contribution in [0, 0.1) is 22.6 Å². The summed E-state index contributed by atoms with van der Waals surface area (Å²) >= 11 is 0. The summed E-state index contributed by atoms with van der Waals surface area (Å²) in [5.74, 6) is 0.194. The van der Waals surface area contributed by atoms with Gasteiger partial charge in [-0.05, 0) is 47.9 Å². The van der Waals surface area contributed by atoms with Crippen LogP contribution in [0.2, 0.25) is 0 Å². The molecule has 4 heteroatoms. The molecule has 0 spiro atoms. The Morgan fingerprint density at radius 1 is 1.17 bits per heavy atom. The lowest BCUT2D eigenvalue weighted by molar-refractivity contribution is -0.134. The lowest BCUT2D eigenvalue weighted by atomic mass is 10.0. The zero-order valence-electron chi connectivity index (χ0n) is 14.5. The first-order chi connectivity index (χ1) is 10.7. The first-order valence-electron chi connectivity index (χ1n) is 8.54. The van der Waals surface area contributed by atoms with Gasteiger partial charge in [-0.25, -0.2) is 4.39 Å². The molecule has 0 unspecified atom stereocenters. The molecular formula is C19H27FN2O. The third-order valence-corrected chi connectivity index (χ3v) is 6.22. The Labute approximate surface area is 138 Å². The molecule has 23 heavy (non-hydrogen) atoms. The molecule has 0 aromatic heterocycles. The highest BCUT2D eigenvalue weighted by atomic mass is 19.1. The fourth-order valence-corrected chi connectivity index (χ4v) is 4.07. The first kappa shape index (κ1) is 16.3. The minimum atomic E-state index is -0.228. The van der Waals surface area contributed by atoms with Gasteiger partial charge in [0, 0.05) is 30.7 Å². The van der Waals surface area contributed by atoms with Crippen LogP contribution in [0.3, 0.4) is 0 Å². The zero-order valence-corrected chi connectivity index (χ0v) is 14.5. The summed E-state index contributed by atoms with van der Waals surface area (Å²) in [5, 5.41) is 3.43. The Balaban J connectivity index is 1.62. The summed E-state index contributed by atoms with van der Waals surface area (Å²) in [5.41, 5.74) is 1.08. The summed E-state index contributed by atoms with van der Waals surface area (Å²) in [6, 6.07) is 6.67. The van der Waals surface area contributed by atoms with Crippen molar-refractivity contribution in [2.75, 3.05) is 18.4 Å². The maximum atomic E-state index is 13.0. The minimum absolute atomic E-state index is 0.0847. The summed E-state index contributed by atoms with van der Waals surface area (Å²) in [6.07, 6.45) is 2.05. The van der Waals surface area contributed by atoms with Gasteiger partial charge in [-0.3, -0.25) is 4.79 Å². The van der Waals surface area contributed by atoms with Gasteiger partial charge < -0.3 is 10.2 Å². The van der Waals surface area contributed by atoms with Gasteiger partial charge in [0.2, 0.25) is 5.91 Å². The molecule has 1 amide bonds. The van der Waals surface area contributed by atoms with Crippen molar-refractivity contribution in [3.8, 4) is 0 Å². The number of halogens is 1. The number of carbonyl (C=O) groups excluding carboxylic acids is 1. The van der Waals surface area contributed by atoms with Gasteiger partial charge in [-0.2, -0.15) is 0 Å². The number of amides is 1. The van der Waals surface area contributed by atoms with Crippen molar-refractivity contribution in [1.82, 2.24) is 4.90 Å². The van der Waals surface area contributed by atoms with Gasteiger partial charge in [0.1, 0.15) is 5.82 Å². The number of benzene rings is 1. The number of nitrogens with one attached hydrogen (secondary N) is 1. The lowest BCUT2D eigenvalue weighted by Crippen LogP contribution is -2.46. The standard InChI is InChI=1S/C19H27FN2O/c1-18(2)16(19(18,3)4)17(23)22-11-5-6-15(12-22)21-14-9-7-13(20)8-10-14/h7-10,15-16,21H,5-6,11-12H2,1-4H3/t15-/m1/s1. The molecule has 3 nitrogen and oxygen atoms in total. The second-order valence-electron chi connectivity index (χ2n) is 8.15. The number of carbonyl (C=O) groups is 1. The molecule has 1 saturated carbocycles. The van der Waals surface area contributed by atoms with E-state index < -0.39 is 0 Å². The molecule has 2 fully saturated rings. The van der Waals surface area contributed by atoms with Crippen LogP contribution in [0.1, 0.15) is 40.5 Å². The summed E-state index contributed by atoms with van der Waals surface area (Å²) in [6.45, 7) is 10.3. The summed E-state index contributed by atoms with van der Waals surface area (Å²) < 4.78 is 13.0. The van der Waals surface area contributed by atoms with Crippen LogP contribution in [0.15, 0.2) is 24.3 Å². The van der Waals surface area contributed by atoms with Crippen molar-refractivity contribution >= 4 is 11.6 Å². The lowest BCUT2D eigenvalue weighted by Gasteiger charge is -2.34. The molecule has 1 aromatic rings. The average Bonchev–Trinajstić information content (AvgIpc) is 2.91. The molecule has 2 aliphatic rings. The van der Waals surface area contributed by atoms with Crippen molar-refractivity contribution in [3.63, 3.8) is 0 Å². The number of hydrogen-bond acceptors (Lipinski definition) is 2. The topological polar surface area (TPSA) is 32.3 Å². The fourth-order valence-electron chi connectivity index (χ4n) is 4.07. The summed E-state index contributed by atoms with van der Waals surface area (Å²) in [4.78, 5) is 14.9. The maximum Gasteiger partial charge on any atom is 0.226 e. The Morgan fingerprint density at radius 2 is 1.78 bits per heavy atom. The van der Waals surface area contributed by atoms with Gasteiger partial charge in [-0.15, -0.1) is 0 Å². The van der Waals surface area contributed by atoms with Crippen LogP contribution in [0.4, 0.5) is 10.1 Å². The largest absolute Gasteiger partial charge is 0.381 e. The SMILES string of the molecule is CC1(C)C(C(=O)N2CCC[C@@H](Nc3ccc(F)cc3)C2)C1(C)C. The van der Waals surface area contributed by atoms with Gasteiger partial charge >= 0.3 is 0 Å². The molecule has 1 aliphatic heterocycles. The zero-order chi connectivity index (χ0) is 16.8. The van der Waals surface area contributed by atoms with E-state index in [9.17, 15) is 9.18 Å². The smallest absolute Gasteiger partial charge is 0.226 e. The second kappa shape index (κ2) is 5.50. The van der Waals surface area contributed by atoms with Crippen molar-refractivity contribution in [1.29, 1.82) is 0 Å². The molecule has 1 atom stereocenters. The third-order valence-electron chi connectivity index (χ3n) is 6.22. The van der Waals surface area contributed by atoms with E-state index in [1.54, 1.807) is 12.1 Å². The monoisotopic (exact) mass is 318 g/mol. The first-order valence-corrected chi connectivity index (χ1v) is 8.54.